The lowest BCUT2D eigenvalue weighted by molar-refractivity contribution is 0.263. The minimum absolute atomic E-state index is 0.0252. The molecule has 0 heterocycles. The summed E-state index contributed by atoms with van der Waals surface area (Å²) in [6, 6.07) is 14.7. The van der Waals surface area contributed by atoms with Gasteiger partial charge in [0.05, 0.1) is 6.61 Å². The molecule has 2 aromatic rings. The molecule has 0 aliphatic carbocycles. The van der Waals surface area contributed by atoms with E-state index in [-0.39, 0.29) is 18.3 Å². The first kappa shape index (κ1) is 12.8. The zero-order valence-electron chi connectivity index (χ0n) is 10.4. The van der Waals surface area contributed by atoms with E-state index in [9.17, 15) is 9.50 Å². The fourth-order valence-electron chi connectivity index (χ4n) is 2.06. The fourth-order valence-corrected chi connectivity index (χ4v) is 2.06. The maximum Gasteiger partial charge on any atom is 0.126 e. The Hall–Kier alpha value is -1.67. The SMILES string of the molecule is Cc1ccc(C(CO)Cc2ccccc2F)cc1. The Morgan fingerprint density at radius 3 is 2.33 bits per heavy atom. The van der Waals surface area contributed by atoms with Crippen LogP contribution in [0.2, 0.25) is 0 Å². The summed E-state index contributed by atoms with van der Waals surface area (Å²) >= 11 is 0. The van der Waals surface area contributed by atoms with Crippen molar-refractivity contribution in [3.63, 3.8) is 0 Å². The summed E-state index contributed by atoms with van der Waals surface area (Å²) in [6.07, 6.45) is 0.520. The second kappa shape index (κ2) is 5.78. The van der Waals surface area contributed by atoms with Crippen LogP contribution in [0.3, 0.4) is 0 Å². The van der Waals surface area contributed by atoms with Gasteiger partial charge in [-0.05, 0) is 30.5 Å². The normalized spacial score (nSPS) is 12.4. The van der Waals surface area contributed by atoms with Gasteiger partial charge in [0, 0.05) is 5.92 Å². The average Bonchev–Trinajstić information content (AvgIpc) is 2.39. The molecule has 18 heavy (non-hydrogen) atoms. The van der Waals surface area contributed by atoms with Crippen molar-refractivity contribution in [1.82, 2.24) is 0 Å². The molecule has 0 radical (unpaired) electrons. The molecule has 2 rings (SSSR count). The van der Waals surface area contributed by atoms with Crippen molar-refractivity contribution < 1.29 is 9.50 Å². The quantitative estimate of drug-likeness (QED) is 0.873. The fraction of sp³-hybridized carbons (Fsp3) is 0.250. The van der Waals surface area contributed by atoms with E-state index in [0.29, 0.717) is 12.0 Å². The van der Waals surface area contributed by atoms with Crippen molar-refractivity contribution in [2.24, 2.45) is 0 Å². The number of aliphatic hydroxyl groups excluding tert-OH is 1. The number of aryl methyl sites for hydroxylation is 1. The van der Waals surface area contributed by atoms with E-state index in [1.807, 2.05) is 37.3 Å². The van der Waals surface area contributed by atoms with Crippen LogP contribution in [-0.2, 0) is 6.42 Å². The molecule has 0 saturated heterocycles. The van der Waals surface area contributed by atoms with Crippen LogP contribution < -0.4 is 0 Å². The Bertz CT molecular complexity index is 505. The Morgan fingerprint density at radius 2 is 1.72 bits per heavy atom. The summed E-state index contributed by atoms with van der Waals surface area (Å²) in [7, 11) is 0. The highest BCUT2D eigenvalue weighted by Gasteiger charge is 2.13. The van der Waals surface area contributed by atoms with E-state index in [4.69, 9.17) is 0 Å². The van der Waals surface area contributed by atoms with E-state index in [2.05, 4.69) is 0 Å². The van der Waals surface area contributed by atoms with Crippen molar-refractivity contribution in [2.45, 2.75) is 19.3 Å². The molecule has 1 atom stereocenters. The monoisotopic (exact) mass is 244 g/mol. The van der Waals surface area contributed by atoms with Gasteiger partial charge in [-0.15, -0.1) is 0 Å². The van der Waals surface area contributed by atoms with Crippen molar-refractivity contribution in [1.29, 1.82) is 0 Å². The smallest absolute Gasteiger partial charge is 0.126 e. The molecule has 2 heteroatoms. The number of rotatable bonds is 4. The van der Waals surface area contributed by atoms with E-state index < -0.39 is 0 Å². The van der Waals surface area contributed by atoms with Gasteiger partial charge in [-0.25, -0.2) is 4.39 Å². The molecule has 1 nitrogen and oxygen atoms in total. The van der Waals surface area contributed by atoms with Crippen molar-refractivity contribution in [3.05, 3.63) is 71.0 Å². The Labute approximate surface area is 107 Å². The lowest BCUT2D eigenvalue weighted by Crippen LogP contribution is -2.08. The number of hydrogen-bond donors (Lipinski definition) is 1. The molecule has 0 spiro atoms. The third-order valence-corrected chi connectivity index (χ3v) is 3.19. The first-order chi connectivity index (χ1) is 8.70. The van der Waals surface area contributed by atoms with Gasteiger partial charge < -0.3 is 5.11 Å². The van der Waals surface area contributed by atoms with E-state index in [0.717, 1.165) is 5.56 Å². The second-order valence-corrected chi connectivity index (χ2v) is 4.59. The van der Waals surface area contributed by atoms with Crippen LogP contribution in [0.15, 0.2) is 48.5 Å². The summed E-state index contributed by atoms with van der Waals surface area (Å²) in [5.74, 6) is -0.259. The highest BCUT2D eigenvalue weighted by atomic mass is 19.1. The molecule has 1 unspecified atom stereocenters. The average molecular weight is 244 g/mol. The van der Waals surface area contributed by atoms with Gasteiger partial charge in [0.1, 0.15) is 5.82 Å². The van der Waals surface area contributed by atoms with Crippen LogP contribution in [-0.4, -0.2) is 11.7 Å². The zero-order chi connectivity index (χ0) is 13.0. The molecule has 0 aromatic heterocycles. The molecule has 94 valence electrons. The van der Waals surface area contributed by atoms with Crippen LogP contribution in [0.4, 0.5) is 4.39 Å². The minimum atomic E-state index is -0.205. The lowest BCUT2D eigenvalue weighted by Gasteiger charge is -2.15. The molecular weight excluding hydrogens is 227 g/mol. The van der Waals surface area contributed by atoms with E-state index in [1.54, 1.807) is 12.1 Å². The number of aliphatic hydroxyl groups is 1. The van der Waals surface area contributed by atoms with Gasteiger partial charge in [0.15, 0.2) is 0 Å². The van der Waals surface area contributed by atoms with Crippen LogP contribution in [0.25, 0.3) is 0 Å². The molecule has 0 amide bonds. The number of hydrogen-bond acceptors (Lipinski definition) is 1. The summed E-state index contributed by atoms with van der Waals surface area (Å²) in [5.41, 5.74) is 2.88. The molecule has 0 aliphatic heterocycles. The van der Waals surface area contributed by atoms with E-state index in [1.165, 1.54) is 11.6 Å². The first-order valence-electron chi connectivity index (χ1n) is 6.11. The molecule has 0 fully saturated rings. The second-order valence-electron chi connectivity index (χ2n) is 4.59. The third kappa shape index (κ3) is 2.96. The molecule has 0 bridgehead atoms. The first-order valence-corrected chi connectivity index (χ1v) is 6.11. The Kier molecular flexibility index (Phi) is 4.11. The minimum Gasteiger partial charge on any atom is -0.396 e. The van der Waals surface area contributed by atoms with Gasteiger partial charge in [-0.2, -0.15) is 0 Å². The predicted octanol–water partition coefficient (Wildman–Crippen LogP) is 3.45. The highest BCUT2D eigenvalue weighted by Crippen LogP contribution is 2.22. The van der Waals surface area contributed by atoms with Crippen LogP contribution >= 0.6 is 0 Å². The van der Waals surface area contributed by atoms with Crippen molar-refractivity contribution >= 4 is 0 Å². The van der Waals surface area contributed by atoms with Crippen molar-refractivity contribution in [2.75, 3.05) is 6.61 Å². The summed E-state index contributed by atoms with van der Waals surface area (Å²) in [6.45, 7) is 2.05. The zero-order valence-corrected chi connectivity index (χ0v) is 10.4. The van der Waals surface area contributed by atoms with Gasteiger partial charge in [0.25, 0.3) is 0 Å². The highest BCUT2D eigenvalue weighted by molar-refractivity contribution is 5.27. The van der Waals surface area contributed by atoms with Crippen molar-refractivity contribution in [3.8, 4) is 0 Å². The standard InChI is InChI=1S/C16H17FO/c1-12-6-8-13(9-7-12)15(11-18)10-14-4-2-3-5-16(14)17/h2-9,15,18H,10-11H2,1H3. The number of benzene rings is 2. The van der Waals surface area contributed by atoms with Gasteiger partial charge in [0.2, 0.25) is 0 Å². The molecular formula is C16H17FO. The largest absolute Gasteiger partial charge is 0.396 e. The number of halogens is 1. The van der Waals surface area contributed by atoms with Gasteiger partial charge >= 0.3 is 0 Å². The van der Waals surface area contributed by atoms with Gasteiger partial charge in [-0.3, -0.25) is 0 Å². The molecule has 0 saturated carbocycles. The molecule has 0 aliphatic rings. The molecule has 2 aromatic carbocycles. The van der Waals surface area contributed by atoms with Crippen LogP contribution in [0, 0.1) is 12.7 Å². The third-order valence-electron chi connectivity index (χ3n) is 3.19. The van der Waals surface area contributed by atoms with Gasteiger partial charge in [-0.1, -0.05) is 48.0 Å². The predicted molar refractivity (Wildman–Crippen MR) is 71.1 cm³/mol. The Morgan fingerprint density at radius 1 is 1.06 bits per heavy atom. The summed E-state index contributed by atoms with van der Waals surface area (Å²) in [5, 5.41) is 9.48. The topological polar surface area (TPSA) is 20.2 Å². The summed E-state index contributed by atoms with van der Waals surface area (Å²) in [4.78, 5) is 0. The van der Waals surface area contributed by atoms with Crippen LogP contribution in [0.5, 0.6) is 0 Å². The van der Waals surface area contributed by atoms with Crippen LogP contribution in [0.1, 0.15) is 22.6 Å². The lowest BCUT2D eigenvalue weighted by atomic mass is 9.92. The van der Waals surface area contributed by atoms with E-state index >= 15 is 0 Å². The molecule has 1 N–H and O–H groups in total. The summed E-state index contributed by atoms with van der Waals surface area (Å²) < 4.78 is 13.6. The maximum absolute atomic E-state index is 13.6. The Balaban J connectivity index is 2.20. The maximum atomic E-state index is 13.6.